The van der Waals surface area contributed by atoms with Gasteiger partial charge in [0.2, 0.25) is 11.8 Å². The van der Waals surface area contributed by atoms with Gasteiger partial charge >= 0.3 is 0 Å². The summed E-state index contributed by atoms with van der Waals surface area (Å²) in [4.78, 5) is 41.6. The second-order valence-electron chi connectivity index (χ2n) is 13.3. The zero-order valence-electron chi connectivity index (χ0n) is 25.9. The third-order valence-corrected chi connectivity index (χ3v) is 10.2. The number of carbonyl (C=O) groups is 3. The molecule has 5 rings (SSSR count). The second-order valence-corrected chi connectivity index (χ2v) is 13.3. The van der Waals surface area contributed by atoms with Gasteiger partial charge in [-0.3, -0.25) is 14.4 Å². The van der Waals surface area contributed by atoms with Gasteiger partial charge in [-0.2, -0.15) is 0 Å². The molecule has 2 amide bonds. The molecular weight excluding hydrogens is 568 g/mol. The van der Waals surface area contributed by atoms with Crippen molar-refractivity contribution in [1.29, 1.82) is 0 Å². The summed E-state index contributed by atoms with van der Waals surface area (Å²) in [5, 5.41) is 27.3. The molecule has 0 aliphatic heterocycles. The van der Waals surface area contributed by atoms with Crippen LogP contribution < -0.4 is 22.1 Å². The molecule has 8 unspecified atom stereocenters. The second kappa shape index (κ2) is 15.3. The van der Waals surface area contributed by atoms with Gasteiger partial charge in [0, 0.05) is 24.8 Å². The Morgan fingerprint density at radius 1 is 0.911 bits per heavy atom. The normalized spacial score (nSPS) is 27.4. The number of allylic oxidation sites excluding steroid dienone is 1. The minimum Gasteiger partial charge on any atom is -0.393 e. The smallest absolute Gasteiger partial charge is 0.249 e. The van der Waals surface area contributed by atoms with Crippen LogP contribution in [0.1, 0.15) is 56.1 Å². The Kier molecular flexibility index (Phi) is 11.2. The zero-order valence-corrected chi connectivity index (χ0v) is 25.9. The summed E-state index contributed by atoms with van der Waals surface area (Å²) < 4.78 is 0. The van der Waals surface area contributed by atoms with Crippen molar-refractivity contribution >= 4 is 17.6 Å². The third-order valence-electron chi connectivity index (χ3n) is 10.2. The lowest BCUT2D eigenvalue weighted by atomic mass is 9.73. The summed E-state index contributed by atoms with van der Waals surface area (Å²) in [6.45, 7) is 0.461. The number of aliphatic hydroxyl groups excluding tert-OH is 2. The van der Waals surface area contributed by atoms with E-state index in [1.54, 1.807) is 0 Å². The first-order valence-corrected chi connectivity index (χ1v) is 16.4. The van der Waals surface area contributed by atoms with Crippen molar-refractivity contribution in [2.45, 2.75) is 82.2 Å². The lowest BCUT2D eigenvalue weighted by Crippen LogP contribution is -2.51. The molecule has 0 spiro atoms. The van der Waals surface area contributed by atoms with Crippen LogP contribution in [0.3, 0.4) is 0 Å². The molecule has 2 saturated carbocycles. The van der Waals surface area contributed by atoms with E-state index in [-0.39, 0.29) is 48.5 Å². The number of hydrogen-bond acceptors (Lipinski definition) is 7. The standard InChI is InChI=1S/C36H48N4O5/c37-34(38)26-12-11-24(17-26)15-16-39-35(44)29-20-25-13-14-27(41)21-28(25)32(29)33(43)30(18-22-7-3-1-4-8-22)40-36(45)31(42)19-23-9-5-2-6-10-23/h1-11,25-32,34,41-42H,12-21,37-38H2,(H,39,44)(H,40,45). The Hall–Kier alpha value is -3.37. The van der Waals surface area contributed by atoms with E-state index in [4.69, 9.17) is 11.5 Å². The Morgan fingerprint density at radius 3 is 2.22 bits per heavy atom. The summed E-state index contributed by atoms with van der Waals surface area (Å²) in [5.41, 5.74) is 14.7. The molecule has 8 N–H and O–H groups in total. The highest BCUT2D eigenvalue weighted by Gasteiger charge is 2.52. The van der Waals surface area contributed by atoms with Gasteiger partial charge < -0.3 is 32.3 Å². The van der Waals surface area contributed by atoms with Crippen LogP contribution in [-0.4, -0.2) is 58.8 Å². The van der Waals surface area contributed by atoms with Gasteiger partial charge in [-0.05, 0) is 80.2 Å². The molecule has 2 aromatic carbocycles. The highest BCUT2D eigenvalue weighted by molar-refractivity contribution is 5.96. The fourth-order valence-electron chi connectivity index (χ4n) is 7.73. The Balaban J connectivity index is 1.32. The van der Waals surface area contributed by atoms with Crippen LogP contribution in [0.4, 0.5) is 0 Å². The molecule has 8 atom stereocenters. The first-order chi connectivity index (χ1) is 21.7. The van der Waals surface area contributed by atoms with Crippen molar-refractivity contribution in [3.8, 4) is 0 Å². The number of benzene rings is 2. The maximum atomic E-state index is 14.5. The lowest BCUT2D eigenvalue weighted by molar-refractivity contribution is -0.138. The van der Waals surface area contributed by atoms with Crippen molar-refractivity contribution in [3.63, 3.8) is 0 Å². The van der Waals surface area contributed by atoms with Crippen molar-refractivity contribution in [2.75, 3.05) is 6.54 Å². The molecule has 242 valence electrons. The maximum Gasteiger partial charge on any atom is 0.249 e. The van der Waals surface area contributed by atoms with Gasteiger partial charge in [-0.1, -0.05) is 72.3 Å². The molecule has 0 bridgehead atoms. The SMILES string of the molecule is NC(N)C1CC=C(CCNC(=O)C2CC3CCC(O)CC3C2C(=O)C(Cc2ccccc2)NC(=O)C(O)Cc2ccccc2)C1. The molecule has 45 heavy (non-hydrogen) atoms. The molecule has 3 aliphatic rings. The average Bonchev–Trinajstić information content (AvgIpc) is 3.66. The Bertz CT molecular complexity index is 1330. The average molecular weight is 617 g/mol. The van der Waals surface area contributed by atoms with Crippen molar-refractivity contribution in [1.82, 2.24) is 10.6 Å². The first-order valence-electron chi connectivity index (χ1n) is 16.4. The van der Waals surface area contributed by atoms with Gasteiger partial charge in [0.25, 0.3) is 0 Å². The van der Waals surface area contributed by atoms with E-state index in [1.807, 2.05) is 60.7 Å². The predicted molar refractivity (Wildman–Crippen MR) is 172 cm³/mol. The van der Waals surface area contributed by atoms with E-state index >= 15 is 0 Å². The predicted octanol–water partition coefficient (Wildman–Crippen LogP) is 2.39. The topological polar surface area (TPSA) is 168 Å². The van der Waals surface area contributed by atoms with Crippen LogP contribution in [-0.2, 0) is 27.2 Å². The molecule has 9 heteroatoms. The molecular formula is C36H48N4O5. The van der Waals surface area contributed by atoms with Gasteiger partial charge in [-0.15, -0.1) is 0 Å². The van der Waals surface area contributed by atoms with E-state index in [0.29, 0.717) is 32.2 Å². The van der Waals surface area contributed by atoms with Crippen molar-refractivity contribution in [2.24, 2.45) is 41.1 Å². The number of fused-ring (bicyclic) bond motifs is 1. The largest absolute Gasteiger partial charge is 0.393 e. The van der Waals surface area contributed by atoms with E-state index in [2.05, 4.69) is 16.7 Å². The van der Waals surface area contributed by atoms with E-state index in [1.165, 1.54) is 5.57 Å². The number of amides is 2. The number of Topliss-reactive ketones (excluding diaryl/α,β-unsaturated/α-hetero) is 1. The molecule has 0 radical (unpaired) electrons. The number of carbonyl (C=O) groups excluding carboxylic acids is 3. The van der Waals surface area contributed by atoms with Gasteiger partial charge in [-0.25, -0.2) is 0 Å². The monoisotopic (exact) mass is 616 g/mol. The lowest BCUT2D eigenvalue weighted by Gasteiger charge is -2.34. The van der Waals surface area contributed by atoms with E-state index in [9.17, 15) is 24.6 Å². The van der Waals surface area contributed by atoms with Crippen LogP contribution >= 0.6 is 0 Å². The molecule has 0 saturated heterocycles. The minimum atomic E-state index is -1.33. The molecule has 3 aliphatic carbocycles. The number of hydrogen-bond donors (Lipinski definition) is 6. The van der Waals surface area contributed by atoms with Crippen molar-refractivity contribution in [3.05, 3.63) is 83.4 Å². The van der Waals surface area contributed by atoms with Gasteiger partial charge in [0.05, 0.1) is 18.3 Å². The van der Waals surface area contributed by atoms with E-state index in [0.717, 1.165) is 30.4 Å². The Labute approximate surface area is 265 Å². The fraction of sp³-hybridized carbons (Fsp3) is 0.528. The summed E-state index contributed by atoms with van der Waals surface area (Å²) in [6, 6.07) is 17.8. The fourth-order valence-corrected chi connectivity index (χ4v) is 7.73. The quantitative estimate of drug-likeness (QED) is 0.148. The van der Waals surface area contributed by atoms with Crippen LogP contribution in [0.5, 0.6) is 0 Å². The molecule has 9 nitrogen and oxygen atoms in total. The zero-order chi connectivity index (χ0) is 31.9. The van der Waals surface area contributed by atoms with Gasteiger partial charge in [0.15, 0.2) is 5.78 Å². The van der Waals surface area contributed by atoms with E-state index < -0.39 is 36.0 Å². The van der Waals surface area contributed by atoms with Gasteiger partial charge in [0.1, 0.15) is 6.10 Å². The van der Waals surface area contributed by atoms with Crippen LogP contribution in [0.25, 0.3) is 0 Å². The summed E-state index contributed by atoms with van der Waals surface area (Å²) in [6.07, 6.45) is 5.16. The number of nitrogens with two attached hydrogens (primary N) is 2. The molecule has 2 aromatic rings. The van der Waals surface area contributed by atoms with Crippen LogP contribution in [0.2, 0.25) is 0 Å². The number of rotatable bonds is 13. The highest BCUT2D eigenvalue weighted by atomic mass is 16.3. The summed E-state index contributed by atoms with van der Waals surface area (Å²) >= 11 is 0. The third kappa shape index (κ3) is 8.47. The van der Waals surface area contributed by atoms with Crippen LogP contribution in [0.15, 0.2) is 72.3 Å². The highest BCUT2D eigenvalue weighted by Crippen LogP contribution is 2.50. The first kappa shape index (κ1) is 33.0. The summed E-state index contributed by atoms with van der Waals surface area (Å²) in [7, 11) is 0. The maximum absolute atomic E-state index is 14.5. The number of ketones is 1. The molecule has 0 heterocycles. The number of nitrogens with one attached hydrogen (secondary N) is 2. The Morgan fingerprint density at radius 2 is 1.58 bits per heavy atom. The summed E-state index contributed by atoms with van der Waals surface area (Å²) in [5.74, 6) is -1.95. The van der Waals surface area contributed by atoms with Crippen molar-refractivity contribution < 1.29 is 24.6 Å². The van der Waals surface area contributed by atoms with Crippen LogP contribution in [0, 0.1) is 29.6 Å². The number of aliphatic hydroxyl groups is 2. The molecule has 0 aromatic heterocycles. The molecule has 2 fully saturated rings. The minimum absolute atomic E-state index is 0.124.